The number of urea groups is 1. The molecule has 1 saturated heterocycles. The lowest BCUT2D eigenvalue weighted by Crippen LogP contribution is -2.55. The highest BCUT2D eigenvalue weighted by Crippen LogP contribution is 2.43. The highest BCUT2D eigenvalue weighted by Gasteiger charge is 2.48. The van der Waals surface area contributed by atoms with Gasteiger partial charge in [-0.2, -0.15) is 0 Å². The molecule has 0 spiro atoms. The minimum Gasteiger partial charge on any atom is -0.375 e. The largest absolute Gasteiger partial charge is 0.375 e. The van der Waals surface area contributed by atoms with E-state index in [1.54, 1.807) is 0 Å². The summed E-state index contributed by atoms with van der Waals surface area (Å²) in [6.45, 7) is 3.43. The molecule has 0 bridgehead atoms. The van der Waals surface area contributed by atoms with Gasteiger partial charge in [0.15, 0.2) is 0 Å². The van der Waals surface area contributed by atoms with E-state index in [2.05, 4.69) is 27.5 Å². The second-order valence-corrected chi connectivity index (χ2v) is 7.65. The molecule has 2 N–H and O–H groups in total. The Balaban J connectivity index is 1.23. The maximum atomic E-state index is 12.2. The van der Waals surface area contributed by atoms with Gasteiger partial charge in [0, 0.05) is 31.5 Å². The third-order valence-corrected chi connectivity index (χ3v) is 5.36. The van der Waals surface area contributed by atoms with Crippen LogP contribution in [0.15, 0.2) is 12.4 Å². The molecule has 2 amide bonds. The molecule has 2 atom stereocenters. The van der Waals surface area contributed by atoms with Gasteiger partial charge >= 0.3 is 6.03 Å². The lowest BCUT2D eigenvalue weighted by Gasteiger charge is -2.31. The summed E-state index contributed by atoms with van der Waals surface area (Å²) in [5, 5.41) is 6.09. The van der Waals surface area contributed by atoms with Crippen LogP contribution in [0.5, 0.6) is 0 Å². The van der Waals surface area contributed by atoms with Crippen molar-refractivity contribution in [2.45, 2.75) is 63.0 Å². The molecule has 130 valence electrons. The molecule has 1 aliphatic heterocycles. The SMILES string of the molecule is C[C@]1(NC(=O)NCCc2cnc(C3CC3)nc2)CCO[C@@H]1C1CC1. The first-order valence-corrected chi connectivity index (χ1v) is 9.12. The molecule has 6 nitrogen and oxygen atoms in total. The monoisotopic (exact) mass is 330 g/mol. The fourth-order valence-corrected chi connectivity index (χ4v) is 3.58. The predicted molar refractivity (Wildman–Crippen MR) is 89.7 cm³/mol. The van der Waals surface area contributed by atoms with Gasteiger partial charge in [-0.1, -0.05) is 0 Å². The summed E-state index contributed by atoms with van der Waals surface area (Å²) in [4.78, 5) is 21.1. The molecule has 2 saturated carbocycles. The minimum atomic E-state index is -0.236. The summed E-state index contributed by atoms with van der Waals surface area (Å²) in [7, 11) is 0. The third kappa shape index (κ3) is 3.53. The quantitative estimate of drug-likeness (QED) is 0.838. The van der Waals surface area contributed by atoms with Crippen LogP contribution >= 0.6 is 0 Å². The fourth-order valence-electron chi connectivity index (χ4n) is 3.58. The van der Waals surface area contributed by atoms with Crippen LogP contribution in [0.4, 0.5) is 4.79 Å². The van der Waals surface area contributed by atoms with E-state index in [0.717, 1.165) is 30.8 Å². The number of hydrogen-bond donors (Lipinski definition) is 2. The Bertz CT molecular complexity index is 598. The molecule has 24 heavy (non-hydrogen) atoms. The van der Waals surface area contributed by atoms with E-state index >= 15 is 0 Å². The zero-order valence-corrected chi connectivity index (χ0v) is 14.3. The summed E-state index contributed by atoms with van der Waals surface area (Å²) in [6.07, 6.45) is 10.4. The maximum absolute atomic E-state index is 12.2. The van der Waals surface area contributed by atoms with Crippen molar-refractivity contribution >= 4 is 6.03 Å². The smallest absolute Gasteiger partial charge is 0.315 e. The first-order chi connectivity index (χ1) is 11.6. The van der Waals surface area contributed by atoms with Crippen LogP contribution in [0.2, 0.25) is 0 Å². The zero-order valence-electron chi connectivity index (χ0n) is 14.3. The van der Waals surface area contributed by atoms with Gasteiger partial charge in [0.05, 0.1) is 11.6 Å². The second kappa shape index (κ2) is 6.31. The Morgan fingerprint density at radius 2 is 2.04 bits per heavy atom. The van der Waals surface area contributed by atoms with Crippen molar-refractivity contribution in [3.63, 3.8) is 0 Å². The number of amides is 2. The van der Waals surface area contributed by atoms with Crippen molar-refractivity contribution in [2.75, 3.05) is 13.2 Å². The molecule has 0 aromatic carbocycles. The number of carbonyl (C=O) groups excluding carboxylic acids is 1. The number of aromatic nitrogens is 2. The van der Waals surface area contributed by atoms with Crippen LogP contribution in [-0.2, 0) is 11.2 Å². The number of nitrogens with one attached hydrogen (secondary N) is 2. The molecule has 3 fully saturated rings. The Morgan fingerprint density at radius 1 is 1.29 bits per heavy atom. The third-order valence-electron chi connectivity index (χ3n) is 5.36. The van der Waals surface area contributed by atoms with Gasteiger partial charge in [0.1, 0.15) is 5.82 Å². The van der Waals surface area contributed by atoms with E-state index in [1.165, 1.54) is 25.7 Å². The molecule has 2 aliphatic carbocycles. The van der Waals surface area contributed by atoms with Gasteiger partial charge in [-0.05, 0) is 56.9 Å². The molecular weight excluding hydrogens is 304 g/mol. The topological polar surface area (TPSA) is 76.1 Å². The summed E-state index contributed by atoms with van der Waals surface area (Å²) in [5.74, 6) is 2.17. The van der Waals surface area contributed by atoms with Crippen LogP contribution in [0.3, 0.4) is 0 Å². The van der Waals surface area contributed by atoms with E-state index in [4.69, 9.17) is 4.74 Å². The lowest BCUT2D eigenvalue weighted by molar-refractivity contribution is 0.0591. The van der Waals surface area contributed by atoms with E-state index in [-0.39, 0.29) is 17.7 Å². The molecule has 1 aromatic heterocycles. The molecule has 0 unspecified atom stereocenters. The molecule has 1 aromatic rings. The Labute approximate surface area is 142 Å². The maximum Gasteiger partial charge on any atom is 0.315 e. The minimum absolute atomic E-state index is 0.107. The van der Waals surface area contributed by atoms with Crippen molar-refractivity contribution in [3.8, 4) is 0 Å². The van der Waals surface area contributed by atoms with Crippen molar-refractivity contribution in [1.29, 1.82) is 0 Å². The number of ether oxygens (including phenoxy) is 1. The Morgan fingerprint density at radius 3 is 2.71 bits per heavy atom. The summed E-state index contributed by atoms with van der Waals surface area (Å²) >= 11 is 0. The summed E-state index contributed by atoms with van der Waals surface area (Å²) < 4.78 is 5.84. The highest BCUT2D eigenvalue weighted by atomic mass is 16.5. The van der Waals surface area contributed by atoms with Crippen molar-refractivity contribution in [3.05, 3.63) is 23.8 Å². The predicted octanol–water partition coefficient (Wildman–Crippen LogP) is 2.15. The zero-order chi connectivity index (χ0) is 16.6. The molecule has 2 heterocycles. The number of hydrogen-bond acceptors (Lipinski definition) is 4. The van der Waals surface area contributed by atoms with E-state index in [0.29, 0.717) is 18.4 Å². The normalized spacial score (nSPS) is 29.5. The molecular formula is C18H26N4O2. The summed E-state index contributed by atoms with van der Waals surface area (Å²) in [5.41, 5.74) is 0.825. The number of carbonyl (C=O) groups is 1. The van der Waals surface area contributed by atoms with Gasteiger partial charge in [-0.3, -0.25) is 0 Å². The lowest BCUT2D eigenvalue weighted by atomic mass is 9.90. The van der Waals surface area contributed by atoms with Crippen LogP contribution in [0.1, 0.15) is 56.3 Å². The van der Waals surface area contributed by atoms with Crippen molar-refractivity contribution in [1.82, 2.24) is 20.6 Å². The van der Waals surface area contributed by atoms with Crippen molar-refractivity contribution in [2.24, 2.45) is 5.92 Å². The molecule has 4 rings (SSSR count). The average molecular weight is 330 g/mol. The van der Waals surface area contributed by atoms with Gasteiger partial charge < -0.3 is 15.4 Å². The van der Waals surface area contributed by atoms with Crippen LogP contribution in [-0.4, -0.2) is 40.8 Å². The van der Waals surface area contributed by atoms with Crippen LogP contribution < -0.4 is 10.6 Å². The Hall–Kier alpha value is -1.69. The van der Waals surface area contributed by atoms with E-state index in [1.807, 2.05) is 12.4 Å². The molecule has 6 heteroatoms. The number of nitrogens with zero attached hydrogens (tertiary/aromatic N) is 2. The molecule has 3 aliphatic rings. The van der Waals surface area contributed by atoms with E-state index < -0.39 is 0 Å². The first-order valence-electron chi connectivity index (χ1n) is 9.12. The number of rotatable bonds is 6. The van der Waals surface area contributed by atoms with Gasteiger partial charge in [-0.25, -0.2) is 14.8 Å². The highest BCUT2D eigenvalue weighted by molar-refractivity contribution is 5.74. The second-order valence-electron chi connectivity index (χ2n) is 7.65. The standard InChI is InChI=1S/C18H26N4O2/c1-18(7-9-24-15(18)13-2-3-13)22-17(23)19-8-6-12-10-20-16(21-11-12)14-4-5-14/h10-11,13-15H,2-9H2,1H3,(H2,19,22,23)/t15-,18+/m1/s1. The van der Waals surface area contributed by atoms with Gasteiger partial charge in [0.25, 0.3) is 0 Å². The first kappa shape index (κ1) is 15.8. The fraction of sp³-hybridized carbons (Fsp3) is 0.722. The van der Waals surface area contributed by atoms with E-state index in [9.17, 15) is 4.79 Å². The Kier molecular flexibility index (Phi) is 4.16. The average Bonchev–Trinajstić information content (AvgIpc) is 3.47. The van der Waals surface area contributed by atoms with Crippen molar-refractivity contribution < 1.29 is 9.53 Å². The molecule has 0 radical (unpaired) electrons. The van der Waals surface area contributed by atoms with Gasteiger partial charge in [0.2, 0.25) is 0 Å². The summed E-state index contributed by atoms with van der Waals surface area (Å²) in [6, 6.07) is -0.107. The van der Waals surface area contributed by atoms with Crippen LogP contribution in [0, 0.1) is 5.92 Å². The van der Waals surface area contributed by atoms with Gasteiger partial charge in [-0.15, -0.1) is 0 Å². The van der Waals surface area contributed by atoms with Crippen LogP contribution in [0.25, 0.3) is 0 Å².